The molecule has 0 aliphatic heterocycles. The molecule has 0 fully saturated rings. The molecule has 0 bridgehead atoms. The molecule has 0 radical (unpaired) electrons. The van der Waals surface area contributed by atoms with Gasteiger partial charge in [-0.15, -0.1) is 0 Å². The van der Waals surface area contributed by atoms with Crippen molar-refractivity contribution in [3.05, 3.63) is 82.5 Å². The van der Waals surface area contributed by atoms with Gasteiger partial charge in [0.05, 0.1) is 11.3 Å². The van der Waals surface area contributed by atoms with Crippen LogP contribution in [0.2, 0.25) is 0 Å². The Hall–Kier alpha value is -3.40. The van der Waals surface area contributed by atoms with Crippen molar-refractivity contribution in [2.24, 2.45) is 7.05 Å². The monoisotopic (exact) mass is 432 g/mol. The van der Waals surface area contributed by atoms with Crippen molar-refractivity contribution < 1.29 is 13.2 Å². The summed E-state index contributed by atoms with van der Waals surface area (Å²) in [4.78, 5) is 18.6. The molecule has 2 aromatic carbocycles. The molecule has 0 aliphatic rings. The van der Waals surface area contributed by atoms with Gasteiger partial charge in [0.15, 0.2) is 5.82 Å². The van der Waals surface area contributed by atoms with Crippen molar-refractivity contribution >= 4 is 28.5 Å². The summed E-state index contributed by atoms with van der Waals surface area (Å²) < 4.78 is 43.3. The lowest BCUT2D eigenvalue weighted by atomic mass is 10.1. The number of hydrogen-bond acceptors (Lipinski definition) is 6. The lowest BCUT2D eigenvalue weighted by Gasteiger charge is -2.08. The van der Waals surface area contributed by atoms with Crippen LogP contribution in [-0.4, -0.2) is 14.8 Å². The zero-order valence-corrected chi connectivity index (χ0v) is 16.4. The van der Waals surface area contributed by atoms with E-state index in [1.165, 1.54) is 6.07 Å². The van der Waals surface area contributed by atoms with Crippen LogP contribution in [0.25, 0.3) is 22.0 Å². The molecule has 6 nitrogen and oxygen atoms in total. The van der Waals surface area contributed by atoms with Gasteiger partial charge in [0.25, 0.3) is 0 Å². The highest BCUT2D eigenvalue weighted by Gasteiger charge is 2.30. The molecule has 1 N–H and O–H groups in total. The van der Waals surface area contributed by atoms with E-state index >= 15 is 0 Å². The zero-order valence-electron chi connectivity index (χ0n) is 15.6. The molecule has 0 unspecified atom stereocenters. The van der Waals surface area contributed by atoms with Crippen LogP contribution in [-0.2, 0) is 13.2 Å². The average Bonchev–Trinajstić information content (AvgIpc) is 3.13. The van der Waals surface area contributed by atoms with E-state index in [0.717, 1.165) is 46.1 Å². The fourth-order valence-electron chi connectivity index (χ4n) is 2.88. The standard InChI is InChI=1S/C20H15F3N4S.O2/c1-27-18(14-6-5-13-7-8-24-12-15(13)9-14)11-19(25-27)26-28-17-4-2-3-16(10-17)20(21,22)23;1-2/h2-12H,1H3,(H,25,26);. The Morgan fingerprint density at radius 1 is 1.00 bits per heavy atom. The third kappa shape index (κ3) is 4.77. The Bertz CT molecular complexity index is 1160. The molecular weight excluding hydrogens is 417 g/mol. The number of pyridine rings is 1. The Balaban J connectivity index is 0.00000124. The largest absolute Gasteiger partial charge is 0.416 e. The maximum absolute atomic E-state index is 12.8. The number of fused-ring (bicyclic) bond motifs is 1. The minimum absolute atomic E-state index is 0.457. The molecule has 4 aromatic rings. The van der Waals surface area contributed by atoms with E-state index in [1.807, 2.05) is 37.4 Å². The minimum Gasteiger partial charge on any atom is -0.309 e. The summed E-state index contributed by atoms with van der Waals surface area (Å²) in [5.74, 6) is 0.561. The van der Waals surface area contributed by atoms with Crippen LogP contribution in [0, 0.1) is 9.93 Å². The second-order valence-corrected chi connectivity index (χ2v) is 7.09. The van der Waals surface area contributed by atoms with Gasteiger partial charge in [-0.2, -0.15) is 18.3 Å². The van der Waals surface area contributed by atoms with E-state index in [1.54, 1.807) is 23.1 Å². The normalized spacial score (nSPS) is 11.1. The van der Waals surface area contributed by atoms with Crippen LogP contribution in [0.15, 0.2) is 71.9 Å². The van der Waals surface area contributed by atoms with Crippen molar-refractivity contribution in [1.29, 1.82) is 0 Å². The number of alkyl halides is 3. The highest BCUT2D eigenvalue weighted by Crippen LogP contribution is 2.32. The Kier molecular flexibility index (Phi) is 6.36. The van der Waals surface area contributed by atoms with Gasteiger partial charge < -0.3 is 4.72 Å². The van der Waals surface area contributed by atoms with Crippen LogP contribution in [0.5, 0.6) is 0 Å². The molecule has 0 saturated heterocycles. The third-order valence-electron chi connectivity index (χ3n) is 4.25. The molecule has 10 heteroatoms. The predicted molar refractivity (Wildman–Crippen MR) is 112 cm³/mol. The van der Waals surface area contributed by atoms with E-state index < -0.39 is 11.7 Å². The lowest BCUT2D eigenvalue weighted by molar-refractivity contribution is -0.137. The SMILES string of the molecule is Cn1nc(NSc2cccc(C(F)(F)F)c2)cc1-c1ccc2ccncc2c1.O=O. The lowest BCUT2D eigenvalue weighted by Crippen LogP contribution is -2.04. The van der Waals surface area contributed by atoms with Crippen LogP contribution >= 0.6 is 11.9 Å². The van der Waals surface area contributed by atoms with Gasteiger partial charge in [0.2, 0.25) is 0 Å². The number of nitrogens with zero attached hydrogens (tertiary/aromatic N) is 3. The summed E-state index contributed by atoms with van der Waals surface area (Å²) in [5, 5.41) is 6.52. The average molecular weight is 432 g/mol. The van der Waals surface area contributed by atoms with Gasteiger partial charge in [-0.05, 0) is 47.7 Å². The van der Waals surface area contributed by atoms with Gasteiger partial charge in [-0.25, -0.2) is 0 Å². The first-order chi connectivity index (χ1) is 14.4. The van der Waals surface area contributed by atoms with Crippen molar-refractivity contribution in [2.75, 3.05) is 4.72 Å². The maximum Gasteiger partial charge on any atom is 0.416 e. The van der Waals surface area contributed by atoms with Crippen molar-refractivity contribution in [3.8, 4) is 11.3 Å². The van der Waals surface area contributed by atoms with Crippen molar-refractivity contribution in [1.82, 2.24) is 14.8 Å². The fourth-order valence-corrected chi connectivity index (χ4v) is 3.53. The van der Waals surface area contributed by atoms with E-state index in [9.17, 15) is 13.2 Å². The highest BCUT2D eigenvalue weighted by atomic mass is 32.2. The smallest absolute Gasteiger partial charge is 0.309 e. The Morgan fingerprint density at radius 3 is 2.57 bits per heavy atom. The van der Waals surface area contributed by atoms with E-state index in [2.05, 4.69) is 14.8 Å². The molecule has 0 spiro atoms. The Morgan fingerprint density at radius 2 is 1.80 bits per heavy atom. The highest BCUT2D eigenvalue weighted by molar-refractivity contribution is 8.00. The van der Waals surface area contributed by atoms with Gasteiger partial charge in [-0.1, -0.05) is 18.2 Å². The van der Waals surface area contributed by atoms with Gasteiger partial charge >= 0.3 is 6.18 Å². The summed E-state index contributed by atoms with van der Waals surface area (Å²) in [6, 6.07) is 15.0. The first-order valence-electron chi connectivity index (χ1n) is 8.55. The first-order valence-corrected chi connectivity index (χ1v) is 9.37. The second-order valence-electron chi connectivity index (χ2n) is 6.21. The minimum atomic E-state index is -4.36. The molecule has 2 aromatic heterocycles. The second kappa shape index (κ2) is 8.95. The van der Waals surface area contributed by atoms with Crippen molar-refractivity contribution in [2.45, 2.75) is 11.1 Å². The van der Waals surface area contributed by atoms with Gasteiger partial charge in [0.1, 0.15) is 0 Å². The fraction of sp³-hybridized carbons (Fsp3) is 0.100. The van der Waals surface area contributed by atoms with Crippen LogP contribution in [0.4, 0.5) is 19.0 Å². The van der Waals surface area contributed by atoms with E-state index in [4.69, 9.17) is 9.93 Å². The molecule has 154 valence electrons. The molecule has 30 heavy (non-hydrogen) atoms. The zero-order chi connectivity index (χ0) is 21.7. The quantitative estimate of drug-likeness (QED) is 0.408. The van der Waals surface area contributed by atoms with Gasteiger partial charge in [-0.3, -0.25) is 9.67 Å². The topological polar surface area (TPSA) is 76.9 Å². The number of aromatic nitrogens is 3. The number of anilines is 1. The Labute approximate surface area is 173 Å². The molecule has 2 heterocycles. The molecule has 4 rings (SSSR count). The molecule has 0 saturated carbocycles. The summed E-state index contributed by atoms with van der Waals surface area (Å²) in [5.41, 5.74) is 1.19. The summed E-state index contributed by atoms with van der Waals surface area (Å²) in [6.07, 6.45) is -0.809. The van der Waals surface area contributed by atoms with E-state index in [0.29, 0.717) is 10.7 Å². The number of halogens is 3. The predicted octanol–water partition coefficient (Wildman–Crippen LogP) is 5.84. The molecule has 0 amide bonds. The first kappa shape index (κ1) is 21.3. The van der Waals surface area contributed by atoms with Crippen LogP contribution in [0.3, 0.4) is 0 Å². The molecular formula is C20H15F3N4O2S. The molecule has 0 aliphatic carbocycles. The van der Waals surface area contributed by atoms with Crippen LogP contribution in [0.1, 0.15) is 5.56 Å². The van der Waals surface area contributed by atoms with Crippen LogP contribution < -0.4 is 4.72 Å². The number of aryl methyl sites for hydroxylation is 1. The number of rotatable bonds is 4. The number of hydrogen-bond donors (Lipinski definition) is 1. The summed E-state index contributed by atoms with van der Waals surface area (Å²) in [7, 11) is 1.82. The summed E-state index contributed by atoms with van der Waals surface area (Å²) in [6.45, 7) is 0. The van der Waals surface area contributed by atoms with Crippen molar-refractivity contribution in [3.63, 3.8) is 0 Å². The molecule has 0 atom stereocenters. The number of nitrogens with one attached hydrogen (secondary N) is 1. The maximum atomic E-state index is 12.8. The van der Waals surface area contributed by atoms with Gasteiger partial charge in [0, 0.05) is 51.3 Å². The third-order valence-corrected chi connectivity index (χ3v) is 5.05. The number of benzene rings is 2. The van der Waals surface area contributed by atoms with E-state index in [-0.39, 0.29) is 0 Å². The summed E-state index contributed by atoms with van der Waals surface area (Å²) >= 11 is 1.09.